The van der Waals surface area contributed by atoms with Crippen molar-refractivity contribution in [3.63, 3.8) is 0 Å². The molecule has 124 valence electrons. The molecule has 5 rings (SSSR count). The number of hydrogen-bond donors (Lipinski definition) is 1. The van der Waals surface area contributed by atoms with E-state index >= 15 is 0 Å². The number of nitrogens with one attached hydrogen (secondary N) is 1. The smallest absolute Gasteiger partial charge is 0.261 e. The fraction of sp³-hybridized carbons (Fsp3) is 0.650. The van der Waals surface area contributed by atoms with E-state index in [2.05, 4.69) is 5.32 Å². The van der Waals surface area contributed by atoms with Gasteiger partial charge in [-0.3, -0.25) is 4.79 Å². The van der Waals surface area contributed by atoms with Gasteiger partial charge in [-0.1, -0.05) is 12.1 Å². The summed E-state index contributed by atoms with van der Waals surface area (Å²) in [6.45, 7) is 3.89. The van der Waals surface area contributed by atoms with Crippen molar-refractivity contribution in [2.45, 2.75) is 58.1 Å². The molecular weight excluding hydrogens is 286 g/mol. The van der Waals surface area contributed by atoms with Crippen LogP contribution in [0.4, 0.5) is 0 Å². The van der Waals surface area contributed by atoms with Crippen LogP contribution in [0.2, 0.25) is 0 Å². The van der Waals surface area contributed by atoms with E-state index in [0.717, 1.165) is 23.1 Å². The minimum Gasteiger partial charge on any atom is -0.481 e. The van der Waals surface area contributed by atoms with E-state index < -0.39 is 6.10 Å². The normalized spacial score (nSPS) is 35.8. The summed E-state index contributed by atoms with van der Waals surface area (Å²) in [5.74, 6) is 4.11. The fourth-order valence-corrected chi connectivity index (χ4v) is 5.39. The minimum absolute atomic E-state index is 0.0454. The largest absolute Gasteiger partial charge is 0.481 e. The average Bonchev–Trinajstić information content (AvgIpc) is 2.50. The van der Waals surface area contributed by atoms with Crippen LogP contribution < -0.4 is 10.1 Å². The Morgan fingerprint density at radius 3 is 2.39 bits per heavy atom. The molecular formula is C20H27NO2. The maximum absolute atomic E-state index is 12.6. The first-order valence-corrected chi connectivity index (χ1v) is 9.12. The number of aryl methyl sites for hydroxylation is 1. The van der Waals surface area contributed by atoms with Crippen LogP contribution in [0, 0.1) is 30.6 Å². The van der Waals surface area contributed by atoms with Gasteiger partial charge in [-0.05, 0) is 87.3 Å². The van der Waals surface area contributed by atoms with Gasteiger partial charge in [-0.25, -0.2) is 0 Å². The third-order valence-corrected chi connectivity index (χ3v) is 6.21. The fourth-order valence-electron chi connectivity index (χ4n) is 5.39. The molecule has 1 aromatic rings. The van der Waals surface area contributed by atoms with E-state index in [1.165, 1.54) is 32.1 Å². The third-order valence-electron chi connectivity index (χ3n) is 6.21. The Balaban J connectivity index is 1.38. The highest BCUT2D eigenvalue weighted by Gasteiger charge is 2.48. The van der Waals surface area contributed by atoms with Crippen LogP contribution in [0.3, 0.4) is 0 Å². The minimum atomic E-state index is -0.436. The second kappa shape index (κ2) is 5.85. The molecule has 23 heavy (non-hydrogen) atoms. The first kappa shape index (κ1) is 15.0. The molecule has 1 atom stereocenters. The Morgan fingerprint density at radius 1 is 1.13 bits per heavy atom. The number of carbonyl (C=O) groups is 1. The van der Waals surface area contributed by atoms with Crippen LogP contribution in [0.1, 0.15) is 44.6 Å². The van der Waals surface area contributed by atoms with Gasteiger partial charge in [-0.15, -0.1) is 0 Å². The molecule has 4 fully saturated rings. The summed E-state index contributed by atoms with van der Waals surface area (Å²) < 4.78 is 5.84. The lowest BCUT2D eigenvalue weighted by Crippen LogP contribution is -2.57. The summed E-state index contributed by atoms with van der Waals surface area (Å²) in [5, 5.41) is 3.33. The van der Waals surface area contributed by atoms with Crippen molar-refractivity contribution >= 4 is 5.91 Å². The van der Waals surface area contributed by atoms with Gasteiger partial charge in [0.25, 0.3) is 5.91 Å². The number of amides is 1. The molecule has 4 bridgehead atoms. The summed E-state index contributed by atoms with van der Waals surface area (Å²) in [5.41, 5.74) is 1.15. The highest BCUT2D eigenvalue weighted by Crippen LogP contribution is 2.53. The molecule has 4 saturated carbocycles. The maximum Gasteiger partial charge on any atom is 0.261 e. The van der Waals surface area contributed by atoms with Gasteiger partial charge in [0.05, 0.1) is 0 Å². The lowest BCUT2D eigenvalue weighted by atomic mass is 9.54. The summed E-state index contributed by atoms with van der Waals surface area (Å²) in [7, 11) is 0. The van der Waals surface area contributed by atoms with Gasteiger partial charge < -0.3 is 10.1 Å². The molecule has 1 amide bonds. The molecule has 3 nitrogen and oxygen atoms in total. The molecule has 4 aliphatic rings. The van der Waals surface area contributed by atoms with Gasteiger partial charge in [0.1, 0.15) is 5.75 Å². The zero-order chi connectivity index (χ0) is 16.0. The molecule has 4 aliphatic carbocycles. The molecule has 1 N–H and O–H groups in total. The van der Waals surface area contributed by atoms with E-state index in [-0.39, 0.29) is 5.91 Å². The maximum atomic E-state index is 12.6. The van der Waals surface area contributed by atoms with E-state index in [1.54, 1.807) is 0 Å². The molecule has 0 aromatic heterocycles. The van der Waals surface area contributed by atoms with Crippen LogP contribution in [0.15, 0.2) is 24.3 Å². The monoisotopic (exact) mass is 313 g/mol. The number of hydrogen-bond acceptors (Lipinski definition) is 2. The Morgan fingerprint density at radius 2 is 1.78 bits per heavy atom. The second-order valence-corrected chi connectivity index (χ2v) is 8.04. The highest BCUT2D eigenvalue weighted by atomic mass is 16.5. The number of ether oxygens (including phenoxy) is 1. The van der Waals surface area contributed by atoms with Gasteiger partial charge in [-0.2, -0.15) is 0 Å². The quantitative estimate of drug-likeness (QED) is 0.920. The van der Waals surface area contributed by atoms with Crippen molar-refractivity contribution in [1.82, 2.24) is 5.32 Å². The summed E-state index contributed by atoms with van der Waals surface area (Å²) >= 11 is 0. The van der Waals surface area contributed by atoms with Crippen molar-refractivity contribution < 1.29 is 9.53 Å². The summed E-state index contributed by atoms with van der Waals surface area (Å²) in [6, 6.07) is 8.28. The second-order valence-electron chi connectivity index (χ2n) is 8.04. The lowest BCUT2D eigenvalue weighted by Gasteiger charge is -2.54. The first-order chi connectivity index (χ1) is 11.1. The van der Waals surface area contributed by atoms with Crippen LogP contribution >= 0.6 is 0 Å². The van der Waals surface area contributed by atoms with E-state index in [1.807, 2.05) is 38.1 Å². The number of carbonyl (C=O) groups excluding carboxylic acids is 1. The lowest BCUT2D eigenvalue weighted by molar-refractivity contribution is -0.131. The predicted molar refractivity (Wildman–Crippen MR) is 90.2 cm³/mol. The predicted octanol–water partition coefficient (Wildman–Crippen LogP) is 3.70. The standard InChI is InChI=1S/C20H27NO2/c1-12-4-3-5-18(6-12)23-13(2)20(22)21-19-16-8-14-7-15(10-16)11-17(19)9-14/h3-6,13-17,19H,7-11H2,1-2H3,(H,21,22)/t13-,14?,15?,16?,17?,19?/m0/s1. The third kappa shape index (κ3) is 2.98. The Bertz CT molecular complexity index is 569. The Hall–Kier alpha value is -1.51. The molecule has 0 spiro atoms. The van der Waals surface area contributed by atoms with Gasteiger partial charge in [0, 0.05) is 6.04 Å². The first-order valence-electron chi connectivity index (χ1n) is 9.12. The molecule has 1 aromatic carbocycles. The van der Waals surface area contributed by atoms with Crippen LogP contribution in [0.5, 0.6) is 5.75 Å². The van der Waals surface area contributed by atoms with Crippen LogP contribution in [0.25, 0.3) is 0 Å². The number of rotatable bonds is 4. The van der Waals surface area contributed by atoms with Crippen molar-refractivity contribution in [1.29, 1.82) is 0 Å². The van der Waals surface area contributed by atoms with Crippen molar-refractivity contribution in [2.24, 2.45) is 23.7 Å². The molecule has 0 aliphatic heterocycles. The van der Waals surface area contributed by atoms with Crippen molar-refractivity contribution in [3.05, 3.63) is 29.8 Å². The zero-order valence-corrected chi connectivity index (χ0v) is 14.1. The van der Waals surface area contributed by atoms with Gasteiger partial charge in [0.15, 0.2) is 6.10 Å². The molecule has 0 heterocycles. The van der Waals surface area contributed by atoms with Gasteiger partial charge >= 0.3 is 0 Å². The van der Waals surface area contributed by atoms with Crippen molar-refractivity contribution in [3.8, 4) is 5.75 Å². The van der Waals surface area contributed by atoms with E-state index in [0.29, 0.717) is 17.9 Å². The van der Waals surface area contributed by atoms with Crippen molar-refractivity contribution in [2.75, 3.05) is 0 Å². The number of benzene rings is 1. The molecule has 0 saturated heterocycles. The van der Waals surface area contributed by atoms with E-state index in [9.17, 15) is 4.79 Å². The molecule has 0 unspecified atom stereocenters. The van der Waals surface area contributed by atoms with E-state index in [4.69, 9.17) is 4.74 Å². The molecule has 0 radical (unpaired) electrons. The highest BCUT2D eigenvalue weighted by molar-refractivity contribution is 5.81. The topological polar surface area (TPSA) is 38.3 Å². The Kier molecular flexibility index (Phi) is 3.82. The SMILES string of the molecule is Cc1cccc(O[C@@H](C)C(=O)NC2C3CC4CC(C3)CC2C4)c1. The van der Waals surface area contributed by atoms with Crippen LogP contribution in [-0.2, 0) is 4.79 Å². The van der Waals surface area contributed by atoms with Gasteiger partial charge in [0.2, 0.25) is 0 Å². The zero-order valence-electron chi connectivity index (χ0n) is 14.1. The summed E-state index contributed by atoms with van der Waals surface area (Å²) in [6.07, 6.45) is 6.31. The Labute approximate surface area is 138 Å². The summed E-state index contributed by atoms with van der Waals surface area (Å²) in [4.78, 5) is 12.6. The average molecular weight is 313 g/mol. The van der Waals surface area contributed by atoms with Crippen LogP contribution in [-0.4, -0.2) is 18.1 Å². The molecule has 3 heteroatoms.